The number of nitrogens with zero attached hydrogens (tertiary/aromatic N) is 2. The summed E-state index contributed by atoms with van der Waals surface area (Å²) in [6, 6.07) is 0.719. The smallest absolute Gasteiger partial charge is 0.191 e. The average Bonchev–Trinajstić information content (AvgIpc) is 3.09. The van der Waals surface area contributed by atoms with Crippen LogP contribution in [-0.2, 0) is 9.47 Å². The number of hydrogen-bond donors (Lipinski definition) is 2. The molecule has 0 amide bonds. The van der Waals surface area contributed by atoms with E-state index < -0.39 is 0 Å². The zero-order valence-corrected chi connectivity index (χ0v) is 18.3. The zero-order valence-electron chi connectivity index (χ0n) is 16.0. The van der Waals surface area contributed by atoms with Crippen molar-refractivity contribution < 1.29 is 9.47 Å². The van der Waals surface area contributed by atoms with Gasteiger partial charge in [-0.2, -0.15) is 0 Å². The lowest BCUT2D eigenvalue weighted by atomic mass is 10.0. The molecule has 0 spiro atoms. The Balaban J connectivity index is 0.00000312. The number of hydrogen-bond acceptors (Lipinski definition) is 4. The third kappa shape index (κ3) is 9.40. The number of piperidine rings is 1. The van der Waals surface area contributed by atoms with Crippen LogP contribution < -0.4 is 10.6 Å². The van der Waals surface area contributed by atoms with E-state index in [9.17, 15) is 0 Å². The van der Waals surface area contributed by atoms with E-state index in [0.29, 0.717) is 6.10 Å². The van der Waals surface area contributed by atoms with Gasteiger partial charge in [-0.05, 0) is 46.1 Å². The second-order valence-corrected chi connectivity index (χ2v) is 6.78. The van der Waals surface area contributed by atoms with Gasteiger partial charge in [0, 0.05) is 45.4 Å². The van der Waals surface area contributed by atoms with Gasteiger partial charge in [0.25, 0.3) is 0 Å². The molecule has 0 bridgehead atoms. The molecular weight excluding hydrogens is 431 g/mol. The topological polar surface area (TPSA) is 58.1 Å². The number of nitrogens with one attached hydrogen (secondary N) is 2. The second kappa shape index (κ2) is 14.0. The molecule has 0 aromatic rings. The van der Waals surface area contributed by atoms with E-state index in [0.717, 1.165) is 70.8 Å². The summed E-state index contributed by atoms with van der Waals surface area (Å²) < 4.78 is 11.1. The molecule has 2 unspecified atom stereocenters. The summed E-state index contributed by atoms with van der Waals surface area (Å²) in [6.07, 6.45) is 6.33. The highest BCUT2D eigenvalue weighted by Crippen LogP contribution is 2.15. The summed E-state index contributed by atoms with van der Waals surface area (Å²) >= 11 is 0. The summed E-state index contributed by atoms with van der Waals surface area (Å²) in [5.74, 6) is 0.923. The molecule has 0 saturated carbocycles. The minimum atomic E-state index is 0. The van der Waals surface area contributed by atoms with Gasteiger partial charge in [0.2, 0.25) is 0 Å². The van der Waals surface area contributed by atoms with Crippen molar-refractivity contribution >= 4 is 29.9 Å². The molecule has 2 rings (SSSR count). The Morgan fingerprint density at radius 1 is 1.28 bits per heavy atom. The standard InChI is InChI=1S/C18H36N4O2.HI/c1-3-19-18(20-9-6-13-24-17-8-14-23-15-17)21-10-12-22-11-5-4-7-16(22)2;/h16-17H,3-15H2,1-2H3,(H2,19,20,21);1H. The van der Waals surface area contributed by atoms with Crippen molar-refractivity contribution in [2.45, 2.75) is 58.1 Å². The number of likely N-dealkylation sites (tertiary alicyclic amines) is 1. The van der Waals surface area contributed by atoms with Crippen LogP contribution in [0.4, 0.5) is 0 Å². The van der Waals surface area contributed by atoms with Crippen LogP contribution in [0, 0.1) is 0 Å². The normalized spacial score (nSPS) is 24.8. The molecule has 2 heterocycles. The summed E-state index contributed by atoms with van der Waals surface area (Å²) in [6.45, 7) is 11.8. The summed E-state index contributed by atoms with van der Waals surface area (Å²) in [5, 5.41) is 6.78. The van der Waals surface area contributed by atoms with E-state index in [2.05, 4.69) is 34.4 Å². The van der Waals surface area contributed by atoms with Crippen LogP contribution in [0.25, 0.3) is 0 Å². The predicted octanol–water partition coefficient (Wildman–Crippen LogP) is 2.23. The number of guanidine groups is 1. The Hall–Kier alpha value is -0.120. The largest absolute Gasteiger partial charge is 0.379 e. The molecule has 0 radical (unpaired) electrons. The third-order valence-electron chi connectivity index (χ3n) is 4.79. The van der Waals surface area contributed by atoms with E-state index in [4.69, 9.17) is 9.47 Å². The predicted molar refractivity (Wildman–Crippen MR) is 114 cm³/mol. The molecule has 2 atom stereocenters. The fourth-order valence-corrected chi connectivity index (χ4v) is 3.30. The first-order valence-electron chi connectivity index (χ1n) is 9.75. The molecular formula is C18H37IN4O2. The Morgan fingerprint density at radius 2 is 2.16 bits per heavy atom. The van der Waals surface area contributed by atoms with E-state index >= 15 is 0 Å². The van der Waals surface area contributed by atoms with Gasteiger partial charge >= 0.3 is 0 Å². The fourth-order valence-electron chi connectivity index (χ4n) is 3.30. The molecule has 2 N–H and O–H groups in total. The second-order valence-electron chi connectivity index (χ2n) is 6.78. The fraction of sp³-hybridized carbons (Fsp3) is 0.944. The molecule has 0 aromatic heterocycles. The van der Waals surface area contributed by atoms with Crippen molar-refractivity contribution in [3.63, 3.8) is 0 Å². The third-order valence-corrected chi connectivity index (χ3v) is 4.79. The first kappa shape index (κ1) is 22.9. The molecule has 7 heteroatoms. The number of ether oxygens (including phenoxy) is 2. The maximum absolute atomic E-state index is 5.78. The number of rotatable bonds is 9. The first-order chi connectivity index (χ1) is 11.8. The van der Waals surface area contributed by atoms with Crippen LogP contribution in [0.1, 0.15) is 46.0 Å². The highest BCUT2D eigenvalue weighted by atomic mass is 127. The van der Waals surface area contributed by atoms with Gasteiger partial charge in [0.15, 0.2) is 5.96 Å². The lowest BCUT2D eigenvalue weighted by Crippen LogP contribution is -2.45. The molecule has 2 aliphatic heterocycles. The maximum atomic E-state index is 5.78. The zero-order chi connectivity index (χ0) is 17.0. The molecule has 25 heavy (non-hydrogen) atoms. The molecule has 148 valence electrons. The van der Waals surface area contributed by atoms with Crippen LogP contribution in [-0.4, -0.2) is 75.5 Å². The van der Waals surface area contributed by atoms with Crippen molar-refractivity contribution in [3.05, 3.63) is 0 Å². The number of halogens is 1. The molecule has 2 saturated heterocycles. The van der Waals surface area contributed by atoms with Crippen molar-refractivity contribution in [3.8, 4) is 0 Å². The lowest BCUT2D eigenvalue weighted by molar-refractivity contribution is 0.0424. The molecule has 0 aromatic carbocycles. The first-order valence-corrected chi connectivity index (χ1v) is 9.75. The van der Waals surface area contributed by atoms with Crippen LogP contribution in [0.2, 0.25) is 0 Å². The van der Waals surface area contributed by atoms with Crippen LogP contribution in [0.15, 0.2) is 4.99 Å². The SMILES string of the molecule is CCNC(=NCCCOC1CCOC1)NCCN1CCCCC1C.I. The van der Waals surface area contributed by atoms with Gasteiger partial charge in [0.1, 0.15) is 0 Å². The summed E-state index contributed by atoms with van der Waals surface area (Å²) in [4.78, 5) is 7.22. The van der Waals surface area contributed by atoms with Gasteiger partial charge in [0.05, 0.1) is 12.7 Å². The van der Waals surface area contributed by atoms with Gasteiger partial charge in [-0.15, -0.1) is 24.0 Å². The Kier molecular flexibility index (Phi) is 12.8. The number of aliphatic imine (C=N–C) groups is 1. The van der Waals surface area contributed by atoms with Crippen LogP contribution >= 0.6 is 24.0 Å². The summed E-state index contributed by atoms with van der Waals surface area (Å²) in [5.41, 5.74) is 0. The van der Waals surface area contributed by atoms with Crippen LogP contribution in [0.5, 0.6) is 0 Å². The van der Waals surface area contributed by atoms with Crippen molar-refractivity contribution in [1.29, 1.82) is 0 Å². The molecule has 0 aliphatic carbocycles. The van der Waals surface area contributed by atoms with E-state index in [1.54, 1.807) is 0 Å². The van der Waals surface area contributed by atoms with Crippen molar-refractivity contribution in [2.75, 3.05) is 52.5 Å². The van der Waals surface area contributed by atoms with Crippen molar-refractivity contribution in [2.24, 2.45) is 4.99 Å². The van der Waals surface area contributed by atoms with Gasteiger partial charge in [-0.1, -0.05) is 6.42 Å². The quantitative estimate of drug-likeness (QED) is 0.235. The minimum absolute atomic E-state index is 0. The van der Waals surface area contributed by atoms with Crippen molar-refractivity contribution in [1.82, 2.24) is 15.5 Å². The van der Waals surface area contributed by atoms with E-state index in [1.807, 2.05) is 0 Å². The molecule has 2 aliphatic rings. The average molecular weight is 468 g/mol. The highest BCUT2D eigenvalue weighted by molar-refractivity contribution is 14.0. The molecule has 6 nitrogen and oxygen atoms in total. The minimum Gasteiger partial charge on any atom is -0.379 e. The van der Waals surface area contributed by atoms with Crippen LogP contribution in [0.3, 0.4) is 0 Å². The maximum Gasteiger partial charge on any atom is 0.191 e. The monoisotopic (exact) mass is 468 g/mol. The lowest BCUT2D eigenvalue weighted by Gasteiger charge is -2.33. The Labute approximate surface area is 170 Å². The van der Waals surface area contributed by atoms with E-state index in [-0.39, 0.29) is 24.0 Å². The van der Waals surface area contributed by atoms with Gasteiger partial charge < -0.3 is 20.1 Å². The summed E-state index contributed by atoms with van der Waals surface area (Å²) in [7, 11) is 0. The Bertz CT molecular complexity index is 365. The van der Waals surface area contributed by atoms with Gasteiger partial charge in [-0.25, -0.2) is 0 Å². The Morgan fingerprint density at radius 3 is 2.88 bits per heavy atom. The van der Waals surface area contributed by atoms with Gasteiger partial charge in [-0.3, -0.25) is 9.89 Å². The molecule has 2 fully saturated rings. The van der Waals surface area contributed by atoms with E-state index in [1.165, 1.54) is 25.8 Å². The highest BCUT2D eigenvalue weighted by Gasteiger charge is 2.17.